The van der Waals surface area contributed by atoms with Gasteiger partial charge in [0.05, 0.1) is 17.2 Å². The molecular formula is C29H23N3O3. The van der Waals surface area contributed by atoms with Crippen LogP contribution >= 0.6 is 0 Å². The van der Waals surface area contributed by atoms with Gasteiger partial charge in [-0.2, -0.15) is 5.10 Å². The minimum absolute atomic E-state index is 0.0187. The minimum Gasteiger partial charge on any atom is -0.488 e. The molecular weight excluding hydrogens is 438 g/mol. The van der Waals surface area contributed by atoms with E-state index < -0.39 is 0 Å². The van der Waals surface area contributed by atoms with Crippen LogP contribution in [0.4, 0.5) is 0 Å². The van der Waals surface area contributed by atoms with Crippen LogP contribution < -0.4 is 15.6 Å². The summed E-state index contributed by atoms with van der Waals surface area (Å²) in [4.78, 5) is 25.7. The highest BCUT2D eigenvalue weighted by atomic mass is 16.5. The average Bonchev–Trinajstić information content (AvgIpc) is 2.91. The van der Waals surface area contributed by atoms with Crippen LogP contribution in [-0.2, 0) is 17.9 Å². The number of hydrogen-bond acceptors (Lipinski definition) is 4. The first kappa shape index (κ1) is 22.1. The molecule has 1 heterocycles. The molecule has 5 rings (SSSR count). The monoisotopic (exact) mass is 461 g/mol. The van der Waals surface area contributed by atoms with E-state index in [0.717, 1.165) is 11.1 Å². The van der Waals surface area contributed by atoms with Gasteiger partial charge in [0.15, 0.2) is 5.43 Å². The van der Waals surface area contributed by atoms with Crippen LogP contribution in [-0.4, -0.2) is 16.7 Å². The Bertz CT molecular complexity index is 1530. The van der Waals surface area contributed by atoms with E-state index in [4.69, 9.17) is 4.74 Å². The van der Waals surface area contributed by atoms with Crippen molar-refractivity contribution in [2.24, 2.45) is 5.10 Å². The third-order valence-electron chi connectivity index (χ3n) is 5.73. The van der Waals surface area contributed by atoms with Gasteiger partial charge in [0.2, 0.25) is 0 Å². The van der Waals surface area contributed by atoms with Gasteiger partial charge >= 0.3 is 0 Å². The number of carbonyl (C=O) groups is 1. The van der Waals surface area contributed by atoms with Gasteiger partial charge < -0.3 is 9.30 Å². The van der Waals surface area contributed by atoms with E-state index >= 15 is 0 Å². The third-order valence-corrected chi connectivity index (χ3v) is 5.73. The fourth-order valence-corrected chi connectivity index (χ4v) is 4.05. The number of rotatable bonds is 7. The highest BCUT2D eigenvalue weighted by Gasteiger charge is 2.12. The van der Waals surface area contributed by atoms with Crippen molar-refractivity contribution in [3.63, 3.8) is 0 Å². The van der Waals surface area contributed by atoms with Crippen molar-refractivity contribution < 1.29 is 9.53 Å². The molecule has 0 bridgehead atoms. The Morgan fingerprint density at radius 2 is 1.40 bits per heavy atom. The molecule has 0 aliphatic rings. The summed E-state index contributed by atoms with van der Waals surface area (Å²) in [6.07, 6.45) is 1.57. The van der Waals surface area contributed by atoms with Crippen LogP contribution in [0.5, 0.6) is 5.75 Å². The van der Waals surface area contributed by atoms with Gasteiger partial charge in [-0.05, 0) is 42.0 Å². The number of ether oxygens (including phenoxy) is 1. The molecule has 1 amide bonds. The molecule has 0 atom stereocenters. The summed E-state index contributed by atoms with van der Waals surface area (Å²) in [6, 6.07) is 32.0. The van der Waals surface area contributed by atoms with Gasteiger partial charge in [0.25, 0.3) is 5.91 Å². The van der Waals surface area contributed by atoms with E-state index in [1.54, 1.807) is 18.3 Å². The number of aromatic nitrogens is 1. The summed E-state index contributed by atoms with van der Waals surface area (Å²) in [5.41, 5.74) is 5.78. The van der Waals surface area contributed by atoms with Crippen LogP contribution in [0.25, 0.3) is 21.8 Å². The molecule has 1 N–H and O–H groups in total. The van der Waals surface area contributed by atoms with Gasteiger partial charge in [-0.25, -0.2) is 5.43 Å². The van der Waals surface area contributed by atoms with Gasteiger partial charge in [-0.1, -0.05) is 66.7 Å². The molecule has 0 spiro atoms. The molecule has 1 aromatic heterocycles. The lowest BCUT2D eigenvalue weighted by molar-refractivity contribution is -0.121. The van der Waals surface area contributed by atoms with Crippen molar-refractivity contribution >= 4 is 33.9 Å². The molecule has 35 heavy (non-hydrogen) atoms. The lowest BCUT2D eigenvalue weighted by Gasteiger charge is -2.14. The topological polar surface area (TPSA) is 72.7 Å². The molecule has 5 aromatic rings. The highest BCUT2D eigenvalue weighted by Crippen LogP contribution is 2.19. The summed E-state index contributed by atoms with van der Waals surface area (Å²) in [6.45, 7) is 0.454. The van der Waals surface area contributed by atoms with Crippen LogP contribution in [0.2, 0.25) is 0 Å². The van der Waals surface area contributed by atoms with Crippen LogP contribution in [0.3, 0.4) is 0 Å². The Hall–Kier alpha value is -4.71. The van der Waals surface area contributed by atoms with Crippen molar-refractivity contribution in [3.8, 4) is 5.75 Å². The Morgan fingerprint density at radius 3 is 2.11 bits per heavy atom. The number of amides is 1. The van der Waals surface area contributed by atoms with Crippen molar-refractivity contribution in [3.05, 3.63) is 124 Å². The molecule has 0 fully saturated rings. The number of fused-ring (bicyclic) bond motifs is 2. The molecule has 4 aromatic carbocycles. The number of pyridine rings is 1. The second-order valence-corrected chi connectivity index (χ2v) is 8.05. The number of carbonyl (C=O) groups excluding carboxylic acids is 1. The van der Waals surface area contributed by atoms with E-state index in [9.17, 15) is 9.59 Å². The Morgan fingerprint density at radius 1 is 0.800 bits per heavy atom. The third kappa shape index (κ3) is 4.82. The molecule has 6 heteroatoms. The van der Waals surface area contributed by atoms with Crippen molar-refractivity contribution in [1.29, 1.82) is 0 Å². The van der Waals surface area contributed by atoms with E-state index in [-0.39, 0.29) is 17.9 Å². The van der Waals surface area contributed by atoms with Crippen LogP contribution in [0.15, 0.2) is 113 Å². The van der Waals surface area contributed by atoms with Crippen LogP contribution in [0, 0.1) is 0 Å². The number of nitrogens with one attached hydrogen (secondary N) is 1. The van der Waals surface area contributed by atoms with Crippen LogP contribution in [0.1, 0.15) is 11.1 Å². The predicted octanol–water partition coefficient (Wildman–Crippen LogP) is 4.88. The Balaban J connectivity index is 1.34. The summed E-state index contributed by atoms with van der Waals surface area (Å²) in [7, 11) is 0. The zero-order valence-corrected chi connectivity index (χ0v) is 18.9. The first-order valence-electron chi connectivity index (χ1n) is 11.3. The number of para-hydroxylation sites is 3. The van der Waals surface area contributed by atoms with Gasteiger partial charge in [0.1, 0.15) is 18.9 Å². The standard InChI is InChI=1S/C29H23N3O3/c33-28(19-32-25-15-7-5-13-23(25)29(34)24-14-6-8-16-26(24)32)31-30-18-22-12-4-9-17-27(22)35-20-21-10-2-1-3-11-21/h1-18H,19-20H2,(H,31,33)/b30-18-. The number of nitrogens with zero attached hydrogens (tertiary/aromatic N) is 2. The molecule has 0 aliphatic heterocycles. The molecule has 172 valence electrons. The molecule has 0 unspecified atom stereocenters. The number of benzene rings is 4. The molecule has 0 saturated carbocycles. The predicted molar refractivity (Wildman–Crippen MR) is 139 cm³/mol. The maximum absolute atomic E-state index is 12.9. The lowest BCUT2D eigenvalue weighted by Crippen LogP contribution is -2.25. The Labute approximate surface area is 202 Å². The molecule has 0 saturated heterocycles. The maximum atomic E-state index is 12.9. The number of hydrogen-bond donors (Lipinski definition) is 1. The summed E-state index contributed by atoms with van der Waals surface area (Å²) in [5.74, 6) is 0.370. The Kier molecular flexibility index (Phi) is 6.35. The van der Waals surface area contributed by atoms with Crippen molar-refractivity contribution in [2.75, 3.05) is 0 Å². The quantitative estimate of drug-likeness (QED) is 0.213. The summed E-state index contributed by atoms with van der Waals surface area (Å²) >= 11 is 0. The largest absolute Gasteiger partial charge is 0.488 e. The first-order chi connectivity index (χ1) is 17.2. The van der Waals surface area contributed by atoms with E-state index in [1.165, 1.54) is 0 Å². The summed E-state index contributed by atoms with van der Waals surface area (Å²) in [5, 5.41) is 5.30. The lowest BCUT2D eigenvalue weighted by atomic mass is 10.1. The zero-order chi connectivity index (χ0) is 24.0. The molecule has 0 aliphatic carbocycles. The van der Waals surface area contributed by atoms with Gasteiger partial charge in [-0.3, -0.25) is 9.59 Å². The maximum Gasteiger partial charge on any atom is 0.260 e. The SMILES string of the molecule is O=C(Cn1c2ccccc2c(=O)c2ccccc21)N/N=C\c1ccccc1OCc1ccccc1. The normalized spacial score (nSPS) is 11.2. The second kappa shape index (κ2) is 10.1. The molecule has 0 radical (unpaired) electrons. The zero-order valence-electron chi connectivity index (χ0n) is 18.9. The van der Waals surface area contributed by atoms with Gasteiger partial charge in [0, 0.05) is 16.3 Å². The van der Waals surface area contributed by atoms with E-state index in [2.05, 4.69) is 10.5 Å². The van der Waals surface area contributed by atoms with Crippen molar-refractivity contribution in [1.82, 2.24) is 9.99 Å². The smallest absolute Gasteiger partial charge is 0.260 e. The fourth-order valence-electron chi connectivity index (χ4n) is 4.05. The first-order valence-corrected chi connectivity index (χ1v) is 11.3. The summed E-state index contributed by atoms with van der Waals surface area (Å²) < 4.78 is 7.79. The van der Waals surface area contributed by atoms with Crippen molar-refractivity contribution in [2.45, 2.75) is 13.2 Å². The fraction of sp³-hybridized carbons (Fsp3) is 0.0690. The molecule has 6 nitrogen and oxygen atoms in total. The van der Waals surface area contributed by atoms with E-state index in [1.807, 2.05) is 95.6 Å². The second-order valence-electron chi connectivity index (χ2n) is 8.05. The highest BCUT2D eigenvalue weighted by molar-refractivity contribution is 5.95. The average molecular weight is 462 g/mol. The minimum atomic E-state index is -0.303. The van der Waals surface area contributed by atoms with E-state index in [0.29, 0.717) is 34.2 Å². The van der Waals surface area contributed by atoms with Gasteiger partial charge in [-0.15, -0.1) is 0 Å². The number of hydrazone groups is 1.